The first-order valence-corrected chi connectivity index (χ1v) is 11.8. The van der Waals surface area contributed by atoms with Gasteiger partial charge in [-0.2, -0.15) is 0 Å². The van der Waals surface area contributed by atoms with E-state index in [-0.39, 0.29) is 50.4 Å². The van der Waals surface area contributed by atoms with Gasteiger partial charge in [0.1, 0.15) is 6.10 Å². The number of halogens is 1. The van der Waals surface area contributed by atoms with Crippen molar-refractivity contribution in [2.75, 3.05) is 5.32 Å². The molecule has 0 unspecified atom stereocenters. The number of hydrogen-bond donors (Lipinski definition) is 1. The molecule has 1 heterocycles. The zero-order valence-electron chi connectivity index (χ0n) is 15.2. The lowest BCUT2D eigenvalue weighted by atomic mass is 9.79. The van der Waals surface area contributed by atoms with Crippen LogP contribution >= 0.6 is 15.9 Å². The van der Waals surface area contributed by atoms with Gasteiger partial charge in [-0.25, -0.2) is 8.42 Å². The standard InChI is InChI=1S/C21H18BrNO5S/c22-18-14-10-15-17(21(25)28-19(15)18)16(14)20(24)23-11-6-8-13(9-7-11)29(26,27)12-4-2-1-3-5-12/h1-9,14-19H,10H2,(H,23,24)/t14-,15-,16-,17+,18+,19+/m1/s1. The molecule has 0 radical (unpaired) electrons. The number of esters is 1. The smallest absolute Gasteiger partial charge is 0.310 e. The number of fused-ring (bicyclic) bond motifs is 1. The van der Waals surface area contributed by atoms with E-state index in [0.29, 0.717) is 5.69 Å². The first-order chi connectivity index (χ1) is 13.9. The number of hydrogen-bond acceptors (Lipinski definition) is 5. The summed E-state index contributed by atoms with van der Waals surface area (Å²) >= 11 is 3.60. The molecule has 3 fully saturated rings. The highest BCUT2D eigenvalue weighted by Gasteiger charge is 2.67. The fourth-order valence-electron chi connectivity index (χ4n) is 5.01. The van der Waals surface area contributed by atoms with Crippen molar-refractivity contribution in [2.45, 2.75) is 27.1 Å². The van der Waals surface area contributed by atoms with Crippen molar-refractivity contribution in [3.63, 3.8) is 0 Å². The van der Waals surface area contributed by atoms with Gasteiger partial charge in [0.15, 0.2) is 0 Å². The van der Waals surface area contributed by atoms with Crippen LogP contribution < -0.4 is 5.32 Å². The third-order valence-corrected chi connectivity index (χ3v) is 9.30. The van der Waals surface area contributed by atoms with Crippen LogP contribution in [0.25, 0.3) is 0 Å². The number of nitrogens with one attached hydrogen (secondary N) is 1. The van der Waals surface area contributed by atoms with Gasteiger partial charge < -0.3 is 10.1 Å². The number of amides is 1. The first-order valence-electron chi connectivity index (χ1n) is 9.43. The molecule has 0 spiro atoms. The number of carbonyl (C=O) groups is 2. The molecule has 3 aliphatic rings. The van der Waals surface area contributed by atoms with Crippen LogP contribution in [0.4, 0.5) is 5.69 Å². The number of sulfone groups is 1. The summed E-state index contributed by atoms with van der Waals surface area (Å²) in [4.78, 5) is 25.5. The van der Waals surface area contributed by atoms with Crippen LogP contribution in [0, 0.1) is 23.7 Å². The van der Waals surface area contributed by atoms with Gasteiger partial charge in [-0.1, -0.05) is 34.1 Å². The van der Waals surface area contributed by atoms with Crippen molar-refractivity contribution in [1.82, 2.24) is 0 Å². The van der Waals surface area contributed by atoms with E-state index >= 15 is 0 Å². The third-order valence-electron chi connectivity index (χ3n) is 6.31. The fraction of sp³-hybridized carbons (Fsp3) is 0.333. The van der Waals surface area contributed by atoms with Crippen LogP contribution in [0.2, 0.25) is 0 Å². The summed E-state index contributed by atoms with van der Waals surface area (Å²) in [6.07, 6.45) is 0.688. The molecular formula is C21H18BrNO5S. The van der Waals surface area contributed by atoms with E-state index in [1.54, 1.807) is 42.5 Å². The lowest BCUT2D eigenvalue weighted by Crippen LogP contribution is -2.40. The van der Waals surface area contributed by atoms with E-state index in [4.69, 9.17) is 4.74 Å². The molecule has 2 aromatic carbocycles. The second-order valence-corrected chi connectivity index (χ2v) is 10.8. The number of ether oxygens (including phenoxy) is 1. The van der Waals surface area contributed by atoms with E-state index in [0.717, 1.165) is 6.42 Å². The molecule has 8 heteroatoms. The number of carbonyl (C=O) groups excluding carboxylic acids is 2. The Balaban J connectivity index is 1.34. The Morgan fingerprint density at radius 3 is 2.34 bits per heavy atom. The van der Waals surface area contributed by atoms with E-state index in [1.165, 1.54) is 12.1 Å². The Labute approximate surface area is 176 Å². The quantitative estimate of drug-likeness (QED) is 0.542. The highest BCUT2D eigenvalue weighted by Crippen LogP contribution is 2.60. The maximum Gasteiger partial charge on any atom is 0.310 e. The Bertz CT molecular complexity index is 1090. The fourth-order valence-corrected chi connectivity index (χ4v) is 7.34. The molecule has 0 aromatic heterocycles. The van der Waals surface area contributed by atoms with Crippen molar-refractivity contribution in [2.24, 2.45) is 23.7 Å². The van der Waals surface area contributed by atoms with E-state index in [2.05, 4.69) is 21.2 Å². The topological polar surface area (TPSA) is 89.5 Å². The van der Waals surface area contributed by atoms with E-state index in [1.807, 2.05) is 0 Å². The summed E-state index contributed by atoms with van der Waals surface area (Å²) in [7, 11) is -3.61. The zero-order valence-corrected chi connectivity index (χ0v) is 17.6. The van der Waals surface area contributed by atoms with Gasteiger partial charge in [0.25, 0.3) is 0 Å². The second kappa shape index (κ2) is 6.67. The van der Waals surface area contributed by atoms with Crippen LogP contribution in [0.1, 0.15) is 6.42 Å². The van der Waals surface area contributed by atoms with Crippen molar-refractivity contribution in [3.05, 3.63) is 54.6 Å². The van der Waals surface area contributed by atoms with E-state index < -0.39 is 15.8 Å². The molecular weight excluding hydrogens is 458 g/mol. The molecule has 1 aliphatic heterocycles. The number of benzene rings is 2. The molecule has 5 rings (SSSR count). The van der Waals surface area contributed by atoms with Gasteiger partial charge >= 0.3 is 5.97 Å². The molecule has 1 N–H and O–H groups in total. The predicted molar refractivity (Wildman–Crippen MR) is 108 cm³/mol. The third kappa shape index (κ3) is 2.84. The Morgan fingerprint density at radius 2 is 1.66 bits per heavy atom. The molecule has 2 saturated carbocycles. The minimum Gasteiger partial charge on any atom is -0.461 e. The van der Waals surface area contributed by atoms with Crippen LogP contribution in [0.5, 0.6) is 0 Å². The predicted octanol–water partition coefficient (Wildman–Crippen LogP) is 3.03. The number of rotatable bonds is 4. The minimum atomic E-state index is -3.61. The number of anilines is 1. The van der Waals surface area contributed by atoms with Gasteiger partial charge in [-0.3, -0.25) is 9.59 Å². The molecule has 29 heavy (non-hydrogen) atoms. The van der Waals surface area contributed by atoms with E-state index in [9.17, 15) is 18.0 Å². The average molecular weight is 476 g/mol. The molecule has 1 saturated heterocycles. The largest absolute Gasteiger partial charge is 0.461 e. The Kier molecular flexibility index (Phi) is 4.33. The molecule has 6 nitrogen and oxygen atoms in total. The Morgan fingerprint density at radius 1 is 1.00 bits per heavy atom. The van der Waals surface area contributed by atoms with Crippen LogP contribution in [-0.2, 0) is 24.2 Å². The first kappa shape index (κ1) is 18.8. The lowest BCUT2D eigenvalue weighted by Gasteiger charge is -2.27. The Hall–Kier alpha value is -2.19. The van der Waals surface area contributed by atoms with Gasteiger partial charge in [-0.05, 0) is 48.7 Å². The summed E-state index contributed by atoms with van der Waals surface area (Å²) in [5.74, 6) is -1.14. The van der Waals surface area contributed by atoms with Crippen molar-refractivity contribution in [1.29, 1.82) is 0 Å². The average Bonchev–Trinajstić information content (AvgIpc) is 3.33. The lowest BCUT2D eigenvalue weighted by molar-refractivity contribution is -0.145. The summed E-state index contributed by atoms with van der Waals surface area (Å²) in [6, 6.07) is 14.3. The molecule has 2 aromatic rings. The molecule has 2 bridgehead atoms. The van der Waals surface area contributed by atoms with Crippen LogP contribution in [0.15, 0.2) is 64.4 Å². The van der Waals surface area contributed by atoms with Crippen molar-refractivity contribution >= 4 is 43.3 Å². The summed E-state index contributed by atoms with van der Waals surface area (Å²) in [5.41, 5.74) is 0.499. The highest BCUT2D eigenvalue weighted by atomic mass is 79.9. The maximum absolute atomic E-state index is 12.9. The molecule has 6 atom stereocenters. The SMILES string of the molecule is O=C(Nc1ccc(S(=O)(=O)c2ccccc2)cc1)[C@@H]1[C@H]2C[C@H]3[C@H](OC(=O)[C@@H]31)[C@H]2Br. The maximum atomic E-state index is 12.9. The van der Waals surface area contributed by atoms with Gasteiger partial charge in [0, 0.05) is 11.6 Å². The van der Waals surface area contributed by atoms with Crippen molar-refractivity contribution < 1.29 is 22.7 Å². The normalized spacial score (nSPS) is 32.2. The number of alkyl halides is 1. The van der Waals surface area contributed by atoms with Gasteiger partial charge in [-0.15, -0.1) is 0 Å². The van der Waals surface area contributed by atoms with Crippen LogP contribution in [0.3, 0.4) is 0 Å². The molecule has 150 valence electrons. The molecule has 2 aliphatic carbocycles. The van der Waals surface area contributed by atoms with Crippen LogP contribution in [-0.4, -0.2) is 31.2 Å². The summed E-state index contributed by atoms with van der Waals surface area (Å²) < 4.78 is 30.8. The monoisotopic (exact) mass is 475 g/mol. The minimum absolute atomic E-state index is 0.00402. The summed E-state index contributed by atoms with van der Waals surface area (Å²) in [5, 5.41) is 2.85. The second-order valence-electron chi connectivity index (χ2n) is 7.79. The van der Waals surface area contributed by atoms with Crippen molar-refractivity contribution in [3.8, 4) is 0 Å². The molecule has 1 amide bonds. The zero-order chi connectivity index (χ0) is 20.3. The van der Waals surface area contributed by atoms with Gasteiger partial charge in [0.05, 0.1) is 26.5 Å². The van der Waals surface area contributed by atoms with Gasteiger partial charge in [0.2, 0.25) is 15.7 Å². The highest BCUT2D eigenvalue weighted by molar-refractivity contribution is 9.09. The summed E-state index contributed by atoms with van der Waals surface area (Å²) in [6.45, 7) is 0.